The Bertz CT molecular complexity index is 582. The van der Waals surface area contributed by atoms with Crippen molar-refractivity contribution in [2.24, 2.45) is 0 Å². The summed E-state index contributed by atoms with van der Waals surface area (Å²) in [4.78, 5) is 13.1. The minimum absolute atomic E-state index is 0.0352. The van der Waals surface area contributed by atoms with Crippen molar-refractivity contribution in [1.29, 1.82) is 0 Å². The molecular weight excluding hydrogens is 324 g/mol. The zero-order valence-electron chi connectivity index (χ0n) is 11.1. The van der Waals surface area contributed by atoms with Crippen molar-refractivity contribution in [2.75, 3.05) is 0 Å². The highest BCUT2D eigenvalue weighted by Crippen LogP contribution is 2.29. The summed E-state index contributed by atoms with van der Waals surface area (Å²) in [5.41, 5.74) is 1.75. The number of ether oxygens (including phenoxy) is 1. The third kappa shape index (κ3) is 3.45. The van der Waals surface area contributed by atoms with Gasteiger partial charge in [0.15, 0.2) is 0 Å². The first-order valence-corrected chi connectivity index (χ1v) is 7.65. The first-order chi connectivity index (χ1) is 8.97. The molecule has 0 N–H and O–H groups in total. The van der Waals surface area contributed by atoms with Crippen molar-refractivity contribution in [3.63, 3.8) is 0 Å². The molecule has 0 spiro atoms. The number of carbonyl (C=O) groups excluding carboxylic acids is 1. The van der Waals surface area contributed by atoms with Crippen LogP contribution in [0.5, 0.6) is 5.75 Å². The van der Waals surface area contributed by atoms with Gasteiger partial charge in [-0.2, -0.15) is 0 Å². The largest absolute Gasteiger partial charge is 0.491 e. The quantitative estimate of drug-likeness (QED) is 0.745. The van der Waals surface area contributed by atoms with E-state index in [2.05, 4.69) is 15.9 Å². The van der Waals surface area contributed by atoms with E-state index in [-0.39, 0.29) is 11.9 Å². The Morgan fingerprint density at radius 2 is 2.05 bits per heavy atom. The zero-order valence-corrected chi connectivity index (χ0v) is 13.5. The monoisotopic (exact) mass is 338 g/mol. The maximum absolute atomic E-state index is 12.4. The fourth-order valence-corrected chi connectivity index (χ4v) is 3.19. The normalized spacial score (nSPS) is 10.8. The summed E-state index contributed by atoms with van der Waals surface area (Å²) < 4.78 is 6.62. The molecule has 0 radical (unpaired) electrons. The summed E-state index contributed by atoms with van der Waals surface area (Å²) in [5, 5.41) is 0. The smallest absolute Gasteiger partial charge is 0.203 e. The van der Waals surface area contributed by atoms with Gasteiger partial charge in [0, 0.05) is 5.56 Å². The molecule has 0 atom stereocenters. The summed E-state index contributed by atoms with van der Waals surface area (Å²) in [5.74, 6) is 0.765. The number of hydrogen-bond acceptors (Lipinski definition) is 3. The zero-order chi connectivity index (χ0) is 14.0. The van der Waals surface area contributed by atoms with Crippen LogP contribution in [-0.4, -0.2) is 11.9 Å². The minimum atomic E-state index is 0.0352. The molecule has 0 amide bonds. The molecule has 0 bridgehead atoms. The predicted octanol–water partition coefficient (Wildman–Crippen LogP) is 4.84. The fourth-order valence-electron chi connectivity index (χ4n) is 1.70. The van der Waals surface area contributed by atoms with E-state index in [0.29, 0.717) is 5.56 Å². The molecule has 1 aromatic heterocycles. The molecule has 2 aromatic rings. The summed E-state index contributed by atoms with van der Waals surface area (Å²) in [6.45, 7) is 5.91. The highest BCUT2D eigenvalue weighted by atomic mass is 79.9. The van der Waals surface area contributed by atoms with Gasteiger partial charge in [-0.05, 0) is 60.5 Å². The molecule has 1 heterocycles. The molecule has 0 aliphatic rings. The standard InChI is InChI=1S/C15H15BrO2S/c1-9(2)18-12-6-4-5-11(8-12)14(17)13-7-10(3)15(16)19-13/h4-9H,1-3H3. The topological polar surface area (TPSA) is 26.3 Å². The van der Waals surface area contributed by atoms with Gasteiger partial charge < -0.3 is 4.74 Å². The van der Waals surface area contributed by atoms with E-state index in [9.17, 15) is 4.79 Å². The van der Waals surface area contributed by atoms with Crippen LogP contribution in [0.1, 0.15) is 34.6 Å². The van der Waals surface area contributed by atoms with Crippen LogP contribution in [0.15, 0.2) is 34.1 Å². The van der Waals surface area contributed by atoms with Gasteiger partial charge in [-0.15, -0.1) is 11.3 Å². The SMILES string of the molecule is Cc1cc(C(=O)c2cccc(OC(C)C)c2)sc1Br. The summed E-state index contributed by atoms with van der Waals surface area (Å²) in [7, 11) is 0. The Morgan fingerprint density at radius 1 is 1.32 bits per heavy atom. The number of rotatable bonds is 4. The Labute approximate surface area is 125 Å². The molecule has 0 fully saturated rings. The lowest BCUT2D eigenvalue weighted by Crippen LogP contribution is -2.06. The molecule has 2 nitrogen and oxygen atoms in total. The average molecular weight is 339 g/mol. The molecular formula is C15H15BrO2S. The molecule has 4 heteroatoms. The van der Waals surface area contributed by atoms with Gasteiger partial charge in [0.05, 0.1) is 14.8 Å². The van der Waals surface area contributed by atoms with Gasteiger partial charge in [-0.25, -0.2) is 0 Å². The number of aryl methyl sites for hydroxylation is 1. The molecule has 19 heavy (non-hydrogen) atoms. The first kappa shape index (κ1) is 14.3. The fraction of sp³-hybridized carbons (Fsp3) is 0.267. The lowest BCUT2D eigenvalue weighted by atomic mass is 10.1. The van der Waals surface area contributed by atoms with E-state index in [1.165, 1.54) is 11.3 Å². The molecule has 0 aliphatic heterocycles. The summed E-state index contributed by atoms with van der Waals surface area (Å²) >= 11 is 4.91. The van der Waals surface area contributed by atoms with E-state index >= 15 is 0 Å². The number of thiophene rings is 1. The maximum Gasteiger partial charge on any atom is 0.203 e. The third-order valence-electron chi connectivity index (χ3n) is 2.55. The van der Waals surface area contributed by atoms with E-state index in [1.807, 2.05) is 45.0 Å². The maximum atomic E-state index is 12.4. The highest BCUT2D eigenvalue weighted by molar-refractivity contribution is 9.11. The molecule has 100 valence electrons. The Morgan fingerprint density at radius 3 is 2.63 bits per heavy atom. The lowest BCUT2D eigenvalue weighted by molar-refractivity contribution is 0.104. The van der Waals surface area contributed by atoms with Crippen molar-refractivity contribution in [2.45, 2.75) is 26.9 Å². The van der Waals surface area contributed by atoms with E-state index in [0.717, 1.165) is 20.0 Å². The number of benzene rings is 1. The highest BCUT2D eigenvalue weighted by Gasteiger charge is 2.14. The van der Waals surface area contributed by atoms with Crippen molar-refractivity contribution in [1.82, 2.24) is 0 Å². The average Bonchev–Trinajstić information content (AvgIpc) is 2.68. The van der Waals surface area contributed by atoms with Crippen molar-refractivity contribution in [3.8, 4) is 5.75 Å². The first-order valence-electron chi connectivity index (χ1n) is 6.04. The Hall–Kier alpha value is -1.13. The number of carbonyl (C=O) groups is 1. The Kier molecular flexibility index (Phi) is 4.42. The van der Waals surface area contributed by atoms with Crippen LogP contribution in [0.25, 0.3) is 0 Å². The lowest BCUT2D eigenvalue weighted by Gasteiger charge is -2.10. The second-order valence-corrected chi connectivity index (χ2v) is 6.96. The molecule has 1 aromatic carbocycles. The van der Waals surface area contributed by atoms with E-state index < -0.39 is 0 Å². The van der Waals surface area contributed by atoms with Crippen molar-refractivity contribution in [3.05, 3.63) is 50.1 Å². The third-order valence-corrected chi connectivity index (χ3v) is 4.68. The van der Waals surface area contributed by atoms with Gasteiger partial charge >= 0.3 is 0 Å². The molecule has 2 rings (SSSR count). The van der Waals surface area contributed by atoms with Crippen LogP contribution in [0.2, 0.25) is 0 Å². The van der Waals surface area contributed by atoms with Crippen LogP contribution in [-0.2, 0) is 0 Å². The van der Waals surface area contributed by atoms with Gasteiger partial charge in [0.25, 0.3) is 0 Å². The summed E-state index contributed by atoms with van der Waals surface area (Å²) in [6, 6.07) is 9.24. The predicted molar refractivity (Wildman–Crippen MR) is 82.4 cm³/mol. The molecule has 0 saturated carbocycles. The van der Waals surface area contributed by atoms with Crippen molar-refractivity contribution >= 4 is 33.0 Å². The second-order valence-electron chi connectivity index (χ2n) is 4.59. The molecule has 0 saturated heterocycles. The molecule has 0 unspecified atom stereocenters. The van der Waals surface area contributed by atoms with Crippen LogP contribution in [0.4, 0.5) is 0 Å². The van der Waals surface area contributed by atoms with E-state index in [1.54, 1.807) is 6.07 Å². The van der Waals surface area contributed by atoms with Gasteiger partial charge in [-0.3, -0.25) is 4.79 Å². The van der Waals surface area contributed by atoms with Gasteiger partial charge in [0.2, 0.25) is 5.78 Å². The van der Waals surface area contributed by atoms with Gasteiger partial charge in [-0.1, -0.05) is 12.1 Å². The number of halogens is 1. The summed E-state index contributed by atoms with van der Waals surface area (Å²) in [6.07, 6.45) is 0.100. The molecule has 0 aliphatic carbocycles. The number of hydrogen-bond donors (Lipinski definition) is 0. The Balaban J connectivity index is 2.28. The minimum Gasteiger partial charge on any atom is -0.491 e. The van der Waals surface area contributed by atoms with Crippen LogP contribution in [0.3, 0.4) is 0 Å². The number of ketones is 1. The second kappa shape index (κ2) is 5.88. The van der Waals surface area contributed by atoms with E-state index in [4.69, 9.17) is 4.74 Å². The van der Waals surface area contributed by atoms with Crippen LogP contribution < -0.4 is 4.74 Å². The van der Waals surface area contributed by atoms with Gasteiger partial charge in [0.1, 0.15) is 5.75 Å². The van der Waals surface area contributed by atoms with Crippen LogP contribution >= 0.6 is 27.3 Å². The van der Waals surface area contributed by atoms with Crippen molar-refractivity contribution < 1.29 is 9.53 Å². The van der Waals surface area contributed by atoms with Crippen LogP contribution in [0, 0.1) is 6.92 Å².